The highest BCUT2D eigenvalue weighted by molar-refractivity contribution is 6.04. The van der Waals surface area contributed by atoms with E-state index < -0.39 is 11.8 Å². The molecule has 1 aliphatic heterocycles. The van der Waals surface area contributed by atoms with Gasteiger partial charge in [0, 0.05) is 28.4 Å². The number of hydrogen-bond acceptors (Lipinski definition) is 4. The van der Waals surface area contributed by atoms with Crippen LogP contribution in [0.25, 0.3) is 32.8 Å². The topological polar surface area (TPSA) is 89.4 Å². The summed E-state index contributed by atoms with van der Waals surface area (Å²) >= 11 is 0. The molecule has 204 valence electrons. The van der Waals surface area contributed by atoms with Crippen molar-refractivity contribution >= 4 is 27.6 Å². The number of aryl methyl sites for hydroxylation is 2. The van der Waals surface area contributed by atoms with Crippen LogP contribution in [0.5, 0.6) is 5.75 Å². The van der Waals surface area contributed by atoms with Crippen molar-refractivity contribution in [2.75, 3.05) is 13.2 Å². The summed E-state index contributed by atoms with van der Waals surface area (Å²) in [7, 11) is 0. The van der Waals surface area contributed by atoms with E-state index >= 15 is 4.39 Å². The van der Waals surface area contributed by atoms with Crippen molar-refractivity contribution in [1.82, 2.24) is 14.8 Å². The van der Waals surface area contributed by atoms with Crippen molar-refractivity contribution in [2.24, 2.45) is 0 Å². The van der Waals surface area contributed by atoms with E-state index in [1.807, 2.05) is 61.5 Å². The average Bonchev–Trinajstić information content (AvgIpc) is 3.50. The lowest BCUT2D eigenvalue weighted by Crippen LogP contribution is -2.11. The van der Waals surface area contributed by atoms with E-state index in [9.17, 15) is 9.90 Å². The Hall–Kier alpha value is -4.43. The van der Waals surface area contributed by atoms with Crippen LogP contribution < -0.4 is 4.74 Å². The summed E-state index contributed by atoms with van der Waals surface area (Å²) in [6, 6.07) is 17.1. The number of allylic oxidation sites excluding steroid dienone is 1. The molecule has 8 heteroatoms. The van der Waals surface area contributed by atoms with Gasteiger partial charge in [-0.05, 0) is 48.4 Å². The molecular weight excluding hydrogens is 509 g/mol. The summed E-state index contributed by atoms with van der Waals surface area (Å²) in [6.45, 7) is 3.25. The molecule has 0 amide bonds. The molecule has 0 fully saturated rings. The lowest BCUT2D eigenvalue weighted by molar-refractivity contribution is 0.0685. The van der Waals surface area contributed by atoms with Crippen molar-refractivity contribution in [3.8, 4) is 16.9 Å². The fraction of sp³-hybridized carbons (Fsp3) is 0.250. The molecule has 1 aliphatic rings. The van der Waals surface area contributed by atoms with Crippen LogP contribution in [0.2, 0.25) is 0 Å². The number of aromatic nitrogens is 3. The predicted molar refractivity (Wildman–Crippen MR) is 152 cm³/mol. The number of nitrogens with zero attached hydrogens (tertiary/aromatic N) is 2. The second kappa shape index (κ2) is 11.0. The van der Waals surface area contributed by atoms with Crippen LogP contribution in [0, 0.1) is 5.82 Å². The number of aromatic carboxylic acids is 1. The third kappa shape index (κ3) is 4.54. The molecule has 0 unspecified atom stereocenters. The number of aromatic amines is 1. The number of carboxylic acids is 1. The van der Waals surface area contributed by atoms with Gasteiger partial charge in [0.2, 0.25) is 0 Å². The zero-order chi connectivity index (χ0) is 27.6. The maximum atomic E-state index is 15.7. The molecule has 2 aromatic heterocycles. The number of halogens is 1. The molecule has 3 aromatic carbocycles. The van der Waals surface area contributed by atoms with E-state index in [0.717, 1.165) is 21.9 Å². The van der Waals surface area contributed by atoms with Crippen LogP contribution in [0.15, 0.2) is 66.7 Å². The molecule has 5 aromatic rings. The average molecular weight is 540 g/mol. The number of carboxylic acid groups (broad SMARTS) is 1. The summed E-state index contributed by atoms with van der Waals surface area (Å²) in [6.07, 6.45) is 5.37. The fourth-order valence-electron chi connectivity index (χ4n) is 5.72. The minimum absolute atomic E-state index is 0.167. The number of carbonyl (C=O) groups is 1. The maximum Gasteiger partial charge on any atom is 0.352 e. The van der Waals surface area contributed by atoms with Gasteiger partial charge in [-0.25, -0.2) is 9.18 Å². The predicted octanol–water partition coefficient (Wildman–Crippen LogP) is 6.68. The van der Waals surface area contributed by atoms with Crippen molar-refractivity contribution in [2.45, 2.75) is 39.3 Å². The number of ether oxygens (including phenoxy) is 2. The van der Waals surface area contributed by atoms with E-state index in [-0.39, 0.29) is 18.8 Å². The van der Waals surface area contributed by atoms with Crippen LogP contribution in [-0.2, 0) is 30.7 Å². The highest BCUT2D eigenvalue weighted by Crippen LogP contribution is 2.40. The summed E-state index contributed by atoms with van der Waals surface area (Å²) in [4.78, 5) is 12.7. The largest absolute Gasteiger partial charge is 0.493 e. The Morgan fingerprint density at radius 2 is 1.95 bits per heavy atom. The van der Waals surface area contributed by atoms with Crippen molar-refractivity contribution in [3.05, 3.63) is 95.2 Å². The van der Waals surface area contributed by atoms with Crippen LogP contribution in [-0.4, -0.2) is 39.1 Å². The third-order valence-electron chi connectivity index (χ3n) is 7.47. The quantitative estimate of drug-likeness (QED) is 0.178. The number of fused-ring (bicyclic) bond motifs is 3. The summed E-state index contributed by atoms with van der Waals surface area (Å²) in [5.41, 5.74) is 3.80. The van der Waals surface area contributed by atoms with Crippen LogP contribution >= 0.6 is 0 Å². The van der Waals surface area contributed by atoms with Gasteiger partial charge in [0.1, 0.15) is 17.3 Å². The molecule has 0 saturated heterocycles. The first-order valence-corrected chi connectivity index (χ1v) is 13.5. The second-order valence-corrected chi connectivity index (χ2v) is 9.85. The number of hydrogen-bond donors (Lipinski definition) is 2. The van der Waals surface area contributed by atoms with Crippen LogP contribution in [0.1, 0.15) is 40.8 Å². The van der Waals surface area contributed by atoms with Gasteiger partial charge >= 0.3 is 5.97 Å². The second-order valence-electron chi connectivity index (χ2n) is 9.85. The van der Waals surface area contributed by atoms with Gasteiger partial charge < -0.3 is 19.1 Å². The Morgan fingerprint density at radius 3 is 2.80 bits per heavy atom. The molecule has 7 nitrogen and oxygen atoms in total. The van der Waals surface area contributed by atoms with E-state index in [4.69, 9.17) is 9.47 Å². The van der Waals surface area contributed by atoms with Gasteiger partial charge in [0.05, 0.1) is 36.7 Å². The molecule has 6 rings (SSSR count). The lowest BCUT2D eigenvalue weighted by atomic mass is 9.97. The normalized spacial score (nSPS) is 14.2. The highest BCUT2D eigenvalue weighted by atomic mass is 19.1. The molecule has 0 saturated carbocycles. The first kappa shape index (κ1) is 25.8. The summed E-state index contributed by atoms with van der Waals surface area (Å²) < 4.78 is 29.4. The van der Waals surface area contributed by atoms with E-state index in [1.54, 1.807) is 10.6 Å². The number of nitrogens with one attached hydrogen (secondary N) is 1. The van der Waals surface area contributed by atoms with Gasteiger partial charge in [0.25, 0.3) is 0 Å². The first-order valence-electron chi connectivity index (χ1n) is 13.5. The summed E-state index contributed by atoms with van der Waals surface area (Å²) in [5.74, 6) is -0.672. The molecule has 3 heterocycles. The molecule has 0 atom stereocenters. The van der Waals surface area contributed by atoms with Crippen LogP contribution in [0.4, 0.5) is 4.39 Å². The van der Waals surface area contributed by atoms with Gasteiger partial charge in [-0.3, -0.25) is 5.10 Å². The van der Waals surface area contributed by atoms with Gasteiger partial charge in [-0.2, -0.15) is 5.10 Å². The molecule has 40 heavy (non-hydrogen) atoms. The molecule has 0 spiro atoms. The van der Waals surface area contributed by atoms with E-state index in [2.05, 4.69) is 10.2 Å². The van der Waals surface area contributed by atoms with Crippen molar-refractivity contribution in [1.29, 1.82) is 0 Å². The Morgan fingerprint density at radius 1 is 1.10 bits per heavy atom. The fourth-order valence-corrected chi connectivity index (χ4v) is 5.72. The number of rotatable bonds is 7. The highest BCUT2D eigenvalue weighted by Gasteiger charge is 2.28. The van der Waals surface area contributed by atoms with Crippen LogP contribution in [0.3, 0.4) is 0 Å². The lowest BCUT2D eigenvalue weighted by Gasteiger charge is -2.12. The zero-order valence-electron chi connectivity index (χ0n) is 22.2. The monoisotopic (exact) mass is 539 g/mol. The molecule has 0 radical (unpaired) electrons. The zero-order valence-corrected chi connectivity index (χ0v) is 22.2. The van der Waals surface area contributed by atoms with Gasteiger partial charge in [0.15, 0.2) is 0 Å². The molecule has 2 N–H and O–H groups in total. The minimum atomic E-state index is -1.05. The molecule has 0 aliphatic carbocycles. The van der Waals surface area contributed by atoms with Crippen molar-refractivity contribution in [3.63, 3.8) is 0 Å². The van der Waals surface area contributed by atoms with Gasteiger partial charge in [-0.15, -0.1) is 0 Å². The SMILES string of the molecule is CCc1n[nH]c2c1-c1c(F)ccc3c(CCCOc4cccc5ccccc45)c(C(=O)O)n(c13)C/C=C\COC2. The number of benzene rings is 3. The third-order valence-corrected chi connectivity index (χ3v) is 7.47. The van der Waals surface area contributed by atoms with Gasteiger partial charge in [-0.1, -0.05) is 55.5 Å². The Labute approximate surface area is 230 Å². The smallest absolute Gasteiger partial charge is 0.352 e. The Kier molecular flexibility index (Phi) is 7.09. The molecular formula is C32H30FN3O4. The molecule has 0 bridgehead atoms. The number of H-pyrrole nitrogens is 1. The maximum absolute atomic E-state index is 15.7. The Balaban J connectivity index is 1.43. The Bertz CT molecular complexity index is 1750. The standard InChI is InChI=1S/C32H30FN3O4/c1-2-25-29-26(35-34-25)19-39-17-6-5-16-36-30-23(14-15-24(33)28(29)30)22(31(36)32(37)38)12-8-18-40-27-13-7-10-20-9-3-4-11-21(20)27/h3-7,9-11,13-15H,2,8,12,16-19H2,1H3,(H,34,35)(H,37,38)/b6-5-. The first-order chi connectivity index (χ1) is 19.6. The van der Waals surface area contributed by atoms with Crippen molar-refractivity contribution < 1.29 is 23.8 Å². The van der Waals surface area contributed by atoms with E-state index in [0.29, 0.717) is 66.1 Å². The summed E-state index contributed by atoms with van der Waals surface area (Å²) in [5, 5.41) is 20.7. The minimum Gasteiger partial charge on any atom is -0.493 e. The van der Waals surface area contributed by atoms with E-state index in [1.165, 1.54) is 6.07 Å².